The fourth-order valence-electron chi connectivity index (χ4n) is 1.67. The van der Waals surface area contributed by atoms with E-state index in [-0.39, 0.29) is 43.4 Å². The van der Waals surface area contributed by atoms with Gasteiger partial charge in [0.1, 0.15) is 0 Å². The van der Waals surface area contributed by atoms with Crippen molar-refractivity contribution >= 4 is 55.1 Å². The van der Waals surface area contributed by atoms with Crippen LogP contribution >= 0.6 is 43.5 Å². The molecule has 1 aliphatic rings. The summed E-state index contributed by atoms with van der Waals surface area (Å²) < 4.78 is 0.861. The van der Waals surface area contributed by atoms with E-state index in [4.69, 9.17) is 11.6 Å². The van der Waals surface area contributed by atoms with Crippen LogP contribution in [0, 0.1) is 6.08 Å². The fourth-order valence-corrected chi connectivity index (χ4v) is 3.01. The van der Waals surface area contributed by atoms with Gasteiger partial charge in [0.15, 0.2) is 0 Å². The van der Waals surface area contributed by atoms with E-state index in [2.05, 4.69) is 37.9 Å². The third-order valence-electron chi connectivity index (χ3n) is 2.57. The number of amides is 1. The van der Waals surface area contributed by atoms with Gasteiger partial charge in [-0.15, -0.1) is 17.3 Å². The first kappa shape index (κ1) is 16.8. The molecule has 1 heterocycles. The van der Waals surface area contributed by atoms with Crippen molar-refractivity contribution in [3.8, 4) is 0 Å². The maximum absolute atomic E-state index is 11.9. The van der Waals surface area contributed by atoms with Crippen LogP contribution in [0.15, 0.2) is 22.7 Å². The second-order valence-corrected chi connectivity index (χ2v) is 6.11. The van der Waals surface area contributed by atoms with Crippen molar-refractivity contribution < 1.29 is 37.5 Å². The Hall–Kier alpha value is 0.784. The van der Waals surface area contributed by atoms with Gasteiger partial charge in [-0.25, -0.2) is 6.08 Å². The van der Waals surface area contributed by atoms with Crippen molar-refractivity contribution in [2.75, 3.05) is 7.05 Å². The minimum absolute atomic E-state index is 0. The molecular formula is C12H9Br2ClNOY-. The topological polar surface area (TPSA) is 20.3 Å². The van der Waals surface area contributed by atoms with Crippen LogP contribution in [0.3, 0.4) is 0 Å². The normalized spacial score (nSPS) is 19.3. The van der Waals surface area contributed by atoms with Gasteiger partial charge in [-0.2, -0.15) is 0 Å². The Morgan fingerprint density at radius 1 is 1.50 bits per heavy atom. The Morgan fingerprint density at radius 3 is 2.78 bits per heavy atom. The molecule has 6 heteroatoms. The predicted octanol–water partition coefficient (Wildman–Crippen LogP) is 3.87. The summed E-state index contributed by atoms with van der Waals surface area (Å²) in [5, 5.41) is 0.657. The van der Waals surface area contributed by atoms with Crippen LogP contribution in [-0.4, -0.2) is 22.7 Å². The third-order valence-corrected chi connectivity index (χ3v) is 4.18. The van der Waals surface area contributed by atoms with Crippen LogP contribution in [0.2, 0.25) is 5.02 Å². The van der Waals surface area contributed by atoms with Crippen LogP contribution in [0.4, 0.5) is 0 Å². The minimum atomic E-state index is -0.178. The molecule has 0 fully saturated rings. The molecule has 1 radical (unpaired) electrons. The quantitative estimate of drug-likeness (QED) is 0.454. The predicted molar refractivity (Wildman–Crippen MR) is 75.9 cm³/mol. The van der Waals surface area contributed by atoms with Crippen molar-refractivity contribution in [2.24, 2.45) is 0 Å². The first-order valence-corrected chi connectivity index (χ1v) is 7.07. The second kappa shape index (κ2) is 6.98. The summed E-state index contributed by atoms with van der Waals surface area (Å²) in [5.74, 6) is 0.0422. The van der Waals surface area contributed by atoms with Gasteiger partial charge in [-0.05, 0) is 6.07 Å². The molecule has 2 rings (SSSR count). The molecule has 0 saturated carbocycles. The molecule has 1 aromatic carbocycles. The van der Waals surface area contributed by atoms with Gasteiger partial charge >= 0.3 is 0 Å². The van der Waals surface area contributed by atoms with Gasteiger partial charge in [0, 0.05) is 44.8 Å². The molecule has 0 bridgehead atoms. The molecule has 1 unspecified atom stereocenters. The van der Waals surface area contributed by atoms with E-state index in [1.54, 1.807) is 18.0 Å². The average Bonchev–Trinajstić information content (AvgIpc) is 2.28. The summed E-state index contributed by atoms with van der Waals surface area (Å²) in [6, 6.07) is 5.49. The summed E-state index contributed by atoms with van der Waals surface area (Å²) >= 11 is 12.7. The molecule has 1 aromatic rings. The molecule has 1 atom stereocenters. The van der Waals surface area contributed by atoms with Crippen molar-refractivity contribution in [2.45, 2.75) is 11.2 Å². The van der Waals surface area contributed by atoms with Gasteiger partial charge in [0.05, 0.1) is 4.83 Å². The van der Waals surface area contributed by atoms with Crippen molar-refractivity contribution in [3.05, 3.63) is 39.3 Å². The average molecular weight is 467 g/mol. The number of allylic oxidation sites excluding steroid dienone is 1. The van der Waals surface area contributed by atoms with E-state index in [1.807, 2.05) is 12.1 Å². The summed E-state index contributed by atoms with van der Waals surface area (Å²) in [6.45, 7) is 0. The molecular weight excluding hydrogens is 458 g/mol. The molecule has 0 spiro atoms. The van der Waals surface area contributed by atoms with Gasteiger partial charge in [0.2, 0.25) is 5.91 Å². The van der Waals surface area contributed by atoms with E-state index in [9.17, 15) is 4.79 Å². The zero-order chi connectivity index (χ0) is 12.6. The Balaban J connectivity index is 0.00000162. The first-order valence-electron chi connectivity index (χ1n) is 4.98. The molecule has 0 N–H and O–H groups in total. The van der Waals surface area contributed by atoms with E-state index >= 15 is 0 Å². The maximum Gasteiger partial charge on any atom is 0.236 e. The number of benzene rings is 1. The zero-order valence-corrected chi connectivity index (χ0v) is 16.3. The van der Waals surface area contributed by atoms with E-state index in [0.717, 1.165) is 15.7 Å². The summed E-state index contributed by atoms with van der Waals surface area (Å²) in [6.07, 6.45) is 3.80. The summed E-state index contributed by atoms with van der Waals surface area (Å²) in [7, 11) is 1.75. The van der Waals surface area contributed by atoms with E-state index < -0.39 is 0 Å². The first-order chi connectivity index (χ1) is 8.00. The standard InChI is InChI=1S/C12H9Br2ClNO.Y/c1-16-11(5-4-9(13)12(16)17)8-3-2-7(15)6-10(8)14;/h2-3,6,9H,4H2,1H3;/q-1;. The van der Waals surface area contributed by atoms with E-state index in [0.29, 0.717) is 11.4 Å². The number of carbonyl (C=O) groups excluding carboxylic acids is 1. The number of carbonyl (C=O) groups is 1. The van der Waals surface area contributed by atoms with Crippen molar-refractivity contribution in [3.63, 3.8) is 0 Å². The third kappa shape index (κ3) is 3.46. The van der Waals surface area contributed by atoms with Crippen molar-refractivity contribution in [1.82, 2.24) is 4.90 Å². The van der Waals surface area contributed by atoms with Gasteiger partial charge < -0.3 is 4.90 Å². The second-order valence-electron chi connectivity index (χ2n) is 3.72. The van der Waals surface area contributed by atoms with Gasteiger partial charge in [-0.3, -0.25) is 4.79 Å². The SMILES string of the molecule is CN1C(=O)C(Br)C[C-]=C1c1ccc(Cl)cc1Br.[Y]. The number of hydrogen-bond donors (Lipinski definition) is 0. The molecule has 1 amide bonds. The number of rotatable bonds is 1. The maximum atomic E-state index is 11.9. The van der Waals surface area contributed by atoms with Crippen LogP contribution in [0.5, 0.6) is 0 Å². The van der Waals surface area contributed by atoms with Gasteiger partial charge in [0.25, 0.3) is 0 Å². The van der Waals surface area contributed by atoms with Crippen LogP contribution in [-0.2, 0) is 37.5 Å². The number of hydrogen-bond acceptors (Lipinski definition) is 1. The number of halogens is 3. The minimum Gasteiger partial charge on any atom is -0.349 e. The number of nitrogens with zero attached hydrogens (tertiary/aromatic N) is 1. The zero-order valence-electron chi connectivity index (χ0n) is 9.58. The Bertz CT molecular complexity index is 507. The molecule has 0 aliphatic carbocycles. The Labute approximate surface area is 153 Å². The molecule has 93 valence electrons. The molecule has 0 aromatic heterocycles. The molecule has 1 aliphatic heterocycles. The molecule has 2 nitrogen and oxygen atoms in total. The Kier molecular flexibility index (Phi) is 6.53. The molecule has 18 heavy (non-hydrogen) atoms. The Morgan fingerprint density at radius 2 is 2.17 bits per heavy atom. The fraction of sp³-hybridized carbons (Fsp3) is 0.250. The monoisotopic (exact) mass is 465 g/mol. The van der Waals surface area contributed by atoms with Gasteiger partial charge in [-0.1, -0.05) is 60.4 Å². The molecule has 0 saturated heterocycles. The van der Waals surface area contributed by atoms with Crippen LogP contribution in [0.1, 0.15) is 12.0 Å². The van der Waals surface area contributed by atoms with Crippen LogP contribution in [0.25, 0.3) is 5.70 Å². The van der Waals surface area contributed by atoms with E-state index in [1.165, 1.54) is 0 Å². The van der Waals surface area contributed by atoms with Crippen molar-refractivity contribution in [1.29, 1.82) is 0 Å². The number of alkyl halides is 1. The summed E-state index contributed by atoms with van der Waals surface area (Å²) in [5.41, 5.74) is 1.71. The van der Waals surface area contributed by atoms with Crippen LogP contribution < -0.4 is 0 Å². The smallest absolute Gasteiger partial charge is 0.236 e. The largest absolute Gasteiger partial charge is 0.349 e. The summed E-state index contributed by atoms with van der Waals surface area (Å²) in [4.78, 5) is 13.3.